The molecule has 0 saturated heterocycles. The lowest BCUT2D eigenvalue weighted by atomic mass is 9.86. The molecular weight excluding hydrogens is 352 g/mol. The van der Waals surface area contributed by atoms with E-state index < -0.39 is 22.0 Å². The van der Waals surface area contributed by atoms with Crippen molar-refractivity contribution in [2.24, 2.45) is 0 Å². The predicted molar refractivity (Wildman–Crippen MR) is 86.7 cm³/mol. The maximum absolute atomic E-state index is 12.3. The number of hydrogen-bond acceptors (Lipinski definition) is 7. The number of sulfonamides is 1. The van der Waals surface area contributed by atoms with E-state index in [4.69, 9.17) is 14.3 Å². The summed E-state index contributed by atoms with van der Waals surface area (Å²) >= 11 is 0. The Morgan fingerprint density at radius 3 is 2.60 bits per heavy atom. The molecule has 0 aliphatic heterocycles. The average Bonchev–Trinajstić information content (AvgIpc) is 2.99. The molecule has 10 heteroatoms. The first-order chi connectivity index (χ1) is 11.8. The maximum Gasteiger partial charge on any atom is 0.374 e. The third kappa shape index (κ3) is 4.80. The van der Waals surface area contributed by atoms with E-state index in [1.54, 1.807) is 11.8 Å². The zero-order valence-electron chi connectivity index (χ0n) is 14.1. The molecule has 0 atom stereocenters. The molecule has 2 rings (SSSR count). The van der Waals surface area contributed by atoms with Crippen molar-refractivity contribution in [3.63, 3.8) is 0 Å². The van der Waals surface area contributed by atoms with E-state index in [1.165, 1.54) is 12.1 Å². The van der Waals surface area contributed by atoms with Crippen LogP contribution in [0.4, 0.5) is 0 Å². The quantitative estimate of drug-likeness (QED) is 0.604. The van der Waals surface area contributed by atoms with Crippen LogP contribution >= 0.6 is 0 Å². The van der Waals surface area contributed by atoms with Crippen LogP contribution in [0.5, 0.6) is 0 Å². The van der Waals surface area contributed by atoms with E-state index in [9.17, 15) is 18.0 Å². The van der Waals surface area contributed by atoms with E-state index in [-0.39, 0.29) is 36.1 Å². The van der Waals surface area contributed by atoms with Crippen LogP contribution in [0.15, 0.2) is 21.6 Å². The van der Waals surface area contributed by atoms with Gasteiger partial charge in [0.2, 0.25) is 10.9 Å². The standard InChI is InChI=1S/C15H22N2O7S/c1-3-17(9-13(18)19)11-7-10(8-11)16-25(21,22)14-6-5-12(24-14)15(20)23-4-2/h5-6,10-11,16H,3-4,7-9H2,1-2H3,(H,18,19). The molecule has 0 unspecified atom stereocenters. The molecular formula is C15H22N2O7S. The van der Waals surface area contributed by atoms with Gasteiger partial charge in [0.1, 0.15) is 0 Å². The molecule has 1 heterocycles. The zero-order valence-corrected chi connectivity index (χ0v) is 14.9. The normalized spacial score (nSPS) is 20.3. The zero-order chi connectivity index (χ0) is 18.6. The van der Waals surface area contributed by atoms with Crippen molar-refractivity contribution in [2.45, 2.75) is 43.9 Å². The van der Waals surface area contributed by atoms with Gasteiger partial charge in [0.15, 0.2) is 0 Å². The molecule has 9 nitrogen and oxygen atoms in total. The lowest BCUT2D eigenvalue weighted by Crippen LogP contribution is -2.54. The van der Waals surface area contributed by atoms with E-state index in [0.717, 1.165) is 0 Å². The molecule has 1 aromatic heterocycles. The largest absolute Gasteiger partial charge is 0.480 e. The number of nitrogens with zero attached hydrogens (tertiary/aromatic N) is 1. The molecule has 1 fully saturated rings. The first-order valence-corrected chi connectivity index (χ1v) is 9.50. The fraction of sp³-hybridized carbons (Fsp3) is 0.600. The second kappa shape index (κ2) is 7.98. The van der Waals surface area contributed by atoms with Crippen molar-refractivity contribution >= 4 is 22.0 Å². The highest BCUT2D eigenvalue weighted by molar-refractivity contribution is 7.89. The number of furan rings is 1. The van der Waals surface area contributed by atoms with Gasteiger partial charge in [0.05, 0.1) is 13.2 Å². The minimum Gasteiger partial charge on any atom is -0.480 e. The monoisotopic (exact) mass is 374 g/mol. The predicted octanol–water partition coefficient (Wildman–Crippen LogP) is 0.672. The second-order valence-electron chi connectivity index (χ2n) is 5.74. The molecule has 1 aliphatic rings. The van der Waals surface area contributed by atoms with Gasteiger partial charge in [-0.2, -0.15) is 0 Å². The number of carbonyl (C=O) groups is 2. The van der Waals surface area contributed by atoms with Crippen LogP contribution in [0.2, 0.25) is 0 Å². The molecule has 0 bridgehead atoms. The third-order valence-electron chi connectivity index (χ3n) is 4.02. The second-order valence-corrected chi connectivity index (χ2v) is 7.38. The Morgan fingerprint density at radius 2 is 2.04 bits per heavy atom. The van der Waals surface area contributed by atoms with Crippen LogP contribution in [0, 0.1) is 0 Å². The van der Waals surface area contributed by atoms with Crippen LogP contribution in [0.25, 0.3) is 0 Å². The van der Waals surface area contributed by atoms with Gasteiger partial charge in [-0.05, 0) is 38.4 Å². The number of aliphatic carboxylic acids is 1. The van der Waals surface area contributed by atoms with Crippen molar-refractivity contribution in [3.05, 3.63) is 17.9 Å². The highest BCUT2D eigenvalue weighted by atomic mass is 32.2. The summed E-state index contributed by atoms with van der Waals surface area (Å²) in [6.45, 7) is 4.17. The maximum atomic E-state index is 12.3. The molecule has 1 aliphatic carbocycles. The Hall–Kier alpha value is -1.91. The lowest BCUT2D eigenvalue weighted by molar-refractivity contribution is -0.139. The van der Waals surface area contributed by atoms with Crippen LogP contribution in [0.3, 0.4) is 0 Å². The highest BCUT2D eigenvalue weighted by Gasteiger charge is 2.37. The first-order valence-electron chi connectivity index (χ1n) is 8.02. The Bertz CT molecular complexity index is 722. The summed E-state index contributed by atoms with van der Waals surface area (Å²) in [7, 11) is -3.89. The fourth-order valence-electron chi connectivity index (χ4n) is 2.71. The van der Waals surface area contributed by atoms with Gasteiger partial charge in [0, 0.05) is 12.1 Å². The van der Waals surface area contributed by atoms with Gasteiger partial charge in [0.25, 0.3) is 10.0 Å². The molecule has 140 valence electrons. The summed E-state index contributed by atoms with van der Waals surface area (Å²) in [6, 6.07) is 2.18. The van der Waals surface area contributed by atoms with Crippen LogP contribution in [0.1, 0.15) is 37.2 Å². The SMILES string of the molecule is CCOC(=O)c1ccc(S(=O)(=O)NC2CC(N(CC)CC(=O)O)C2)o1. The van der Waals surface area contributed by atoms with E-state index in [2.05, 4.69) is 4.72 Å². The van der Waals surface area contributed by atoms with E-state index in [0.29, 0.717) is 19.4 Å². The number of carbonyl (C=O) groups excluding carboxylic acids is 1. The molecule has 0 radical (unpaired) electrons. The van der Waals surface area contributed by atoms with Crippen molar-refractivity contribution in [1.29, 1.82) is 0 Å². The molecule has 0 spiro atoms. The first kappa shape index (κ1) is 19.4. The number of carboxylic acids is 1. The summed E-state index contributed by atoms with van der Waals surface area (Å²) < 4.78 is 36.9. The Labute approximate surface area is 146 Å². The Balaban J connectivity index is 1.93. The summed E-state index contributed by atoms with van der Waals surface area (Å²) in [6.07, 6.45) is 1.04. The molecule has 0 aromatic carbocycles. The van der Waals surface area contributed by atoms with E-state index >= 15 is 0 Å². The number of likely N-dealkylation sites (N-methyl/N-ethyl adjacent to an activating group) is 1. The number of rotatable bonds is 9. The minimum atomic E-state index is -3.89. The number of ether oxygens (including phenoxy) is 1. The number of esters is 1. The van der Waals surface area contributed by atoms with Gasteiger partial charge in [-0.3, -0.25) is 9.69 Å². The van der Waals surface area contributed by atoms with Crippen LogP contribution in [-0.4, -0.2) is 62.1 Å². The molecule has 2 N–H and O–H groups in total. The minimum absolute atomic E-state index is 0.0282. The molecule has 25 heavy (non-hydrogen) atoms. The van der Waals surface area contributed by atoms with E-state index in [1.807, 2.05) is 6.92 Å². The summed E-state index contributed by atoms with van der Waals surface area (Å²) in [5.74, 6) is -1.81. The highest BCUT2D eigenvalue weighted by Crippen LogP contribution is 2.27. The number of hydrogen-bond donors (Lipinski definition) is 2. The molecule has 1 aromatic rings. The smallest absolute Gasteiger partial charge is 0.374 e. The average molecular weight is 374 g/mol. The van der Waals surface area contributed by atoms with Gasteiger partial charge < -0.3 is 14.3 Å². The van der Waals surface area contributed by atoms with Crippen molar-refractivity contribution < 1.29 is 32.3 Å². The van der Waals surface area contributed by atoms with Crippen LogP contribution in [-0.2, 0) is 19.6 Å². The van der Waals surface area contributed by atoms with Gasteiger partial charge in [-0.25, -0.2) is 17.9 Å². The Kier molecular flexibility index (Phi) is 6.20. The summed E-state index contributed by atoms with van der Waals surface area (Å²) in [5.41, 5.74) is 0. The van der Waals surface area contributed by atoms with Crippen molar-refractivity contribution in [2.75, 3.05) is 19.7 Å². The van der Waals surface area contributed by atoms with Gasteiger partial charge in [-0.1, -0.05) is 6.92 Å². The van der Waals surface area contributed by atoms with Crippen LogP contribution < -0.4 is 4.72 Å². The number of nitrogens with one attached hydrogen (secondary N) is 1. The number of carboxylic acid groups (broad SMARTS) is 1. The van der Waals surface area contributed by atoms with Crippen molar-refractivity contribution in [3.8, 4) is 0 Å². The Morgan fingerprint density at radius 1 is 1.36 bits per heavy atom. The fourth-order valence-corrected chi connectivity index (χ4v) is 3.90. The third-order valence-corrected chi connectivity index (χ3v) is 5.41. The lowest BCUT2D eigenvalue weighted by Gasteiger charge is -2.41. The summed E-state index contributed by atoms with van der Waals surface area (Å²) in [5, 5.41) is 8.52. The van der Waals surface area contributed by atoms with Gasteiger partial charge >= 0.3 is 11.9 Å². The summed E-state index contributed by atoms with van der Waals surface area (Å²) in [4.78, 5) is 24.1. The van der Waals surface area contributed by atoms with Gasteiger partial charge in [-0.15, -0.1) is 0 Å². The molecule has 0 amide bonds. The van der Waals surface area contributed by atoms with Crippen molar-refractivity contribution in [1.82, 2.24) is 9.62 Å². The topological polar surface area (TPSA) is 126 Å². The molecule has 1 saturated carbocycles.